The summed E-state index contributed by atoms with van der Waals surface area (Å²) >= 11 is 0. The molecule has 1 saturated heterocycles. The van der Waals surface area contributed by atoms with Crippen molar-refractivity contribution in [2.45, 2.75) is 65.5 Å². The van der Waals surface area contributed by atoms with Crippen LogP contribution in [0.4, 0.5) is 14.5 Å². The van der Waals surface area contributed by atoms with Crippen molar-refractivity contribution in [1.29, 1.82) is 0 Å². The fourth-order valence-electron chi connectivity index (χ4n) is 3.77. The Bertz CT molecular complexity index is 997. The van der Waals surface area contributed by atoms with E-state index in [4.69, 9.17) is 4.74 Å². The number of halogens is 2. The van der Waals surface area contributed by atoms with E-state index in [0.717, 1.165) is 24.1 Å². The minimum atomic E-state index is -0.318. The molecule has 0 spiro atoms. The zero-order valence-electron chi connectivity index (χ0n) is 20.3. The van der Waals surface area contributed by atoms with E-state index in [9.17, 15) is 18.4 Å². The molecule has 2 aromatic rings. The van der Waals surface area contributed by atoms with Gasteiger partial charge in [0.25, 0.3) is 0 Å². The zero-order chi connectivity index (χ0) is 25.1. The first-order valence-electron chi connectivity index (χ1n) is 11.6. The van der Waals surface area contributed by atoms with Gasteiger partial charge < -0.3 is 9.64 Å². The van der Waals surface area contributed by atoms with Gasteiger partial charge in [-0.1, -0.05) is 50.6 Å². The Morgan fingerprint density at radius 2 is 1.68 bits per heavy atom. The van der Waals surface area contributed by atoms with Gasteiger partial charge in [0.1, 0.15) is 17.7 Å². The molecule has 0 N–H and O–H groups in total. The van der Waals surface area contributed by atoms with Crippen molar-refractivity contribution in [2.24, 2.45) is 0 Å². The van der Waals surface area contributed by atoms with Crippen molar-refractivity contribution in [3.63, 3.8) is 0 Å². The van der Waals surface area contributed by atoms with Gasteiger partial charge in [-0.25, -0.2) is 8.78 Å². The van der Waals surface area contributed by atoms with E-state index in [2.05, 4.69) is 13.0 Å². The average molecular weight is 470 g/mol. The van der Waals surface area contributed by atoms with Crippen molar-refractivity contribution in [3.05, 3.63) is 89.5 Å². The molecule has 34 heavy (non-hydrogen) atoms. The number of amides is 1. The molecule has 0 aliphatic carbocycles. The first-order chi connectivity index (χ1) is 16.3. The predicted octanol–water partition coefficient (Wildman–Crippen LogP) is 7.07. The second-order valence-corrected chi connectivity index (χ2v) is 8.04. The van der Waals surface area contributed by atoms with Crippen molar-refractivity contribution < 1.29 is 23.1 Å². The smallest absolute Gasteiger partial charge is 0.303 e. The Morgan fingerprint density at radius 1 is 1.09 bits per heavy atom. The molecule has 0 radical (unpaired) electrons. The van der Waals surface area contributed by atoms with Crippen LogP contribution >= 0.6 is 0 Å². The van der Waals surface area contributed by atoms with E-state index >= 15 is 0 Å². The maximum Gasteiger partial charge on any atom is 0.303 e. The highest BCUT2D eigenvalue weighted by Crippen LogP contribution is 2.33. The zero-order valence-corrected chi connectivity index (χ0v) is 20.3. The molecule has 1 aliphatic rings. The van der Waals surface area contributed by atoms with Crippen LogP contribution in [0.1, 0.15) is 65.0 Å². The summed E-state index contributed by atoms with van der Waals surface area (Å²) in [6.45, 7) is 7.39. The number of nitrogens with zero attached hydrogens (tertiary/aromatic N) is 1. The molecule has 1 aliphatic heterocycles. The normalized spacial score (nSPS) is 16.5. The van der Waals surface area contributed by atoms with Crippen LogP contribution in [0.5, 0.6) is 0 Å². The summed E-state index contributed by atoms with van der Waals surface area (Å²) in [6.07, 6.45) is 9.07. The third kappa shape index (κ3) is 7.65. The van der Waals surface area contributed by atoms with Crippen LogP contribution in [0.15, 0.2) is 72.3 Å². The Kier molecular flexibility index (Phi) is 10.7. The van der Waals surface area contributed by atoms with E-state index in [0.29, 0.717) is 12.8 Å². The molecule has 1 amide bonds. The molecule has 2 aromatic carbocycles. The second kappa shape index (κ2) is 13.4. The number of benzene rings is 2. The Hall–Kier alpha value is -3.28. The summed E-state index contributed by atoms with van der Waals surface area (Å²) in [6, 6.07) is 12.2. The van der Waals surface area contributed by atoms with Gasteiger partial charge in [-0.2, -0.15) is 0 Å². The molecule has 1 fully saturated rings. The number of rotatable bonds is 8. The van der Waals surface area contributed by atoms with Crippen molar-refractivity contribution in [1.82, 2.24) is 0 Å². The predicted molar refractivity (Wildman–Crippen MR) is 131 cm³/mol. The molecule has 4 nitrogen and oxygen atoms in total. The minimum Gasteiger partial charge on any atom is -0.458 e. The molecule has 6 heteroatoms. The lowest BCUT2D eigenvalue weighted by atomic mass is 9.89. The van der Waals surface area contributed by atoms with Crippen molar-refractivity contribution >= 4 is 17.6 Å². The number of hydrogen-bond donors (Lipinski definition) is 0. The van der Waals surface area contributed by atoms with Crippen LogP contribution in [0.25, 0.3) is 0 Å². The quantitative estimate of drug-likeness (QED) is 0.236. The summed E-state index contributed by atoms with van der Waals surface area (Å²) in [5, 5.41) is 0. The molecule has 3 rings (SSSR count). The van der Waals surface area contributed by atoms with E-state index < -0.39 is 0 Å². The maximum absolute atomic E-state index is 13.0. The lowest BCUT2D eigenvalue weighted by Crippen LogP contribution is -2.53. The number of carbonyl (C=O) groups excluding carboxylic acids is 2. The number of esters is 1. The Balaban J connectivity index is 0.000000257. The molecule has 1 unspecified atom stereocenters. The van der Waals surface area contributed by atoms with Gasteiger partial charge in [0.05, 0.1) is 12.5 Å². The van der Waals surface area contributed by atoms with Crippen molar-refractivity contribution in [3.8, 4) is 0 Å². The van der Waals surface area contributed by atoms with Crippen LogP contribution in [-0.2, 0) is 14.3 Å². The molecule has 182 valence electrons. The van der Waals surface area contributed by atoms with Crippen molar-refractivity contribution in [2.75, 3.05) is 4.90 Å². The van der Waals surface area contributed by atoms with Crippen LogP contribution in [-0.4, -0.2) is 17.9 Å². The number of hydrogen-bond acceptors (Lipinski definition) is 3. The molecule has 1 heterocycles. The number of anilines is 1. The SMILES string of the molecule is C/C=C\C=C(/CCC)C1CC(=O)N1c1ccc(F)cc1.CC[C@H](OC(C)=O)c1ccc(F)cc1. The number of carbonyl (C=O) groups is 2. The standard InChI is InChI=1S/C17H20FNO.C11H13FO2/c1-3-5-7-13(6-4-2)16-12-17(20)19(16)15-10-8-14(18)9-11-15;1-3-11(14-8(2)13)9-4-6-10(12)7-5-9/h3,5,7-11,16H,4,6,12H2,1-2H3;4-7,11H,3H2,1-2H3/b5-3-,13-7+;/t;11-/m.0/s1. The highest BCUT2D eigenvalue weighted by molar-refractivity contribution is 6.02. The average Bonchev–Trinajstić information content (AvgIpc) is 2.81. The van der Waals surface area contributed by atoms with Gasteiger partial charge in [-0.05, 0) is 67.3 Å². The van der Waals surface area contributed by atoms with Gasteiger partial charge in [0, 0.05) is 12.6 Å². The Labute approximate surface area is 200 Å². The van der Waals surface area contributed by atoms with Crippen LogP contribution in [0, 0.1) is 11.6 Å². The van der Waals surface area contributed by atoms with Gasteiger partial charge >= 0.3 is 5.97 Å². The number of β-lactam (4-membered cyclic amide) rings is 1. The third-order valence-corrected chi connectivity index (χ3v) is 5.44. The third-order valence-electron chi connectivity index (χ3n) is 5.44. The highest BCUT2D eigenvalue weighted by Gasteiger charge is 2.38. The monoisotopic (exact) mass is 469 g/mol. The fraction of sp³-hybridized carbons (Fsp3) is 0.357. The summed E-state index contributed by atoms with van der Waals surface area (Å²) in [7, 11) is 0. The summed E-state index contributed by atoms with van der Waals surface area (Å²) in [5.41, 5.74) is 2.86. The van der Waals surface area contributed by atoms with E-state index in [1.54, 1.807) is 29.2 Å². The van der Waals surface area contributed by atoms with Gasteiger partial charge in [0.15, 0.2) is 0 Å². The summed E-state index contributed by atoms with van der Waals surface area (Å²) in [5.74, 6) is -0.784. The number of ether oxygens (including phenoxy) is 1. The summed E-state index contributed by atoms with van der Waals surface area (Å²) in [4.78, 5) is 24.4. The first-order valence-corrected chi connectivity index (χ1v) is 11.6. The fourth-order valence-corrected chi connectivity index (χ4v) is 3.77. The van der Waals surface area contributed by atoms with E-state index in [1.807, 2.05) is 26.0 Å². The van der Waals surface area contributed by atoms with E-state index in [-0.39, 0.29) is 35.7 Å². The van der Waals surface area contributed by atoms with Gasteiger partial charge in [0.2, 0.25) is 5.91 Å². The first kappa shape index (κ1) is 27.0. The van der Waals surface area contributed by atoms with Gasteiger partial charge in [-0.3, -0.25) is 9.59 Å². The Morgan fingerprint density at radius 3 is 2.15 bits per heavy atom. The molecule has 0 aromatic heterocycles. The van der Waals surface area contributed by atoms with Crippen LogP contribution in [0.2, 0.25) is 0 Å². The molecular weight excluding hydrogens is 436 g/mol. The van der Waals surface area contributed by atoms with E-state index in [1.165, 1.54) is 36.8 Å². The number of allylic oxidation sites excluding steroid dienone is 3. The lowest BCUT2D eigenvalue weighted by Gasteiger charge is -2.42. The molecule has 0 bridgehead atoms. The van der Waals surface area contributed by atoms with Crippen LogP contribution < -0.4 is 4.90 Å². The lowest BCUT2D eigenvalue weighted by molar-refractivity contribution is -0.146. The minimum absolute atomic E-state index is 0.101. The second-order valence-electron chi connectivity index (χ2n) is 8.04. The largest absolute Gasteiger partial charge is 0.458 e. The molecule has 2 atom stereocenters. The maximum atomic E-state index is 13.0. The van der Waals surface area contributed by atoms with Crippen LogP contribution in [0.3, 0.4) is 0 Å². The highest BCUT2D eigenvalue weighted by atomic mass is 19.1. The molecule has 0 saturated carbocycles. The molecular formula is C28H33F2NO3. The topological polar surface area (TPSA) is 46.6 Å². The summed E-state index contributed by atoms with van der Waals surface area (Å²) < 4.78 is 30.7. The van der Waals surface area contributed by atoms with Gasteiger partial charge in [-0.15, -0.1) is 0 Å².